The zero-order valence-electron chi connectivity index (χ0n) is 17.5. The lowest BCUT2D eigenvalue weighted by Gasteiger charge is -2.32. The second kappa shape index (κ2) is 7.64. The molecule has 0 unspecified atom stereocenters. The summed E-state index contributed by atoms with van der Waals surface area (Å²) in [5, 5.41) is 4.35. The van der Waals surface area contributed by atoms with Crippen molar-refractivity contribution in [2.75, 3.05) is 0 Å². The summed E-state index contributed by atoms with van der Waals surface area (Å²) in [6.45, 7) is 0. The van der Waals surface area contributed by atoms with Crippen LogP contribution in [-0.4, -0.2) is 0 Å². The van der Waals surface area contributed by atoms with Crippen molar-refractivity contribution in [3.05, 3.63) is 130 Å². The highest BCUT2D eigenvalue weighted by atomic mass is 32.1. The monoisotopic (exact) mass is 494 g/mol. The van der Waals surface area contributed by atoms with Gasteiger partial charge in [0.2, 0.25) is 0 Å². The van der Waals surface area contributed by atoms with Gasteiger partial charge < -0.3 is 0 Å². The molecule has 0 radical (unpaired) electrons. The summed E-state index contributed by atoms with van der Waals surface area (Å²) >= 11 is 7.55. The maximum Gasteiger partial charge on any atom is 0.0730 e. The molecular formula is C29H18S4. The first-order valence-corrected chi connectivity index (χ1v) is 14.2. The van der Waals surface area contributed by atoms with Crippen LogP contribution >= 0.6 is 45.3 Å². The van der Waals surface area contributed by atoms with Crippen LogP contribution in [0, 0.1) is 0 Å². The predicted molar refractivity (Wildman–Crippen MR) is 146 cm³/mol. The zero-order chi connectivity index (χ0) is 21.8. The second-order valence-corrected chi connectivity index (χ2v) is 12.1. The minimum absolute atomic E-state index is 0.300. The summed E-state index contributed by atoms with van der Waals surface area (Å²) < 4.78 is 0. The Morgan fingerprint density at radius 1 is 0.455 bits per heavy atom. The molecule has 0 bridgehead atoms. The molecule has 4 heterocycles. The smallest absolute Gasteiger partial charge is 0.0730 e. The van der Waals surface area contributed by atoms with Crippen molar-refractivity contribution in [1.82, 2.24) is 0 Å². The standard InChI is InChI=1S/C29H18S4/c1-3-9-19(10-4-1)29(20-11-5-2-6-12-20)21-17-25(23-13-7-15-30-23)32-27(21)28-22(29)18-26(33-28)24-14-8-16-31-24/h1-18H. The molecule has 0 saturated carbocycles. The Hall–Kier alpha value is -2.76. The topological polar surface area (TPSA) is 0 Å². The van der Waals surface area contributed by atoms with E-state index in [9.17, 15) is 0 Å². The van der Waals surface area contributed by atoms with Crippen LogP contribution in [0.25, 0.3) is 29.3 Å². The van der Waals surface area contributed by atoms with Gasteiger partial charge in [0.25, 0.3) is 0 Å². The lowest BCUT2D eigenvalue weighted by molar-refractivity contribution is 0.772. The maximum absolute atomic E-state index is 2.46. The van der Waals surface area contributed by atoms with E-state index in [4.69, 9.17) is 0 Å². The van der Waals surface area contributed by atoms with E-state index in [1.165, 1.54) is 51.5 Å². The highest BCUT2D eigenvalue weighted by molar-refractivity contribution is 7.28. The zero-order valence-corrected chi connectivity index (χ0v) is 20.8. The Bertz CT molecular complexity index is 1410. The van der Waals surface area contributed by atoms with Crippen LogP contribution in [0.1, 0.15) is 22.3 Å². The summed E-state index contributed by atoms with van der Waals surface area (Å²) in [5.74, 6) is 0. The molecule has 0 N–H and O–H groups in total. The van der Waals surface area contributed by atoms with Crippen LogP contribution in [-0.2, 0) is 5.41 Å². The van der Waals surface area contributed by atoms with E-state index in [0.717, 1.165) is 0 Å². The van der Waals surface area contributed by atoms with E-state index in [-0.39, 0.29) is 5.41 Å². The first-order chi connectivity index (χ1) is 16.4. The fourth-order valence-electron chi connectivity index (χ4n) is 5.07. The molecule has 6 aromatic rings. The van der Waals surface area contributed by atoms with Crippen LogP contribution in [0.15, 0.2) is 108 Å². The van der Waals surface area contributed by atoms with E-state index in [2.05, 4.69) is 108 Å². The normalized spacial score (nSPS) is 13.7. The molecule has 1 aliphatic rings. The van der Waals surface area contributed by atoms with Crippen LogP contribution in [0.5, 0.6) is 0 Å². The first kappa shape index (κ1) is 19.7. The van der Waals surface area contributed by atoms with Crippen LogP contribution < -0.4 is 0 Å². The SMILES string of the molecule is c1ccc(C2(c3ccccc3)c3cc(-c4cccs4)sc3-c3sc(-c4cccs4)cc32)cc1. The third-order valence-corrected chi connectivity index (χ3v) is 11.0. The molecule has 4 heteroatoms. The van der Waals surface area contributed by atoms with Gasteiger partial charge in [0.15, 0.2) is 0 Å². The number of hydrogen-bond donors (Lipinski definition) is 0. The number of thiophene rings is 4. The molecule has 2 aromatic carbocycles. The van der Waals surface area contributed by atoms with Gasteiger partial charge in [-0.05, 0) is 57.3 Å². The van der Waals surface area contributed by atoms with E-state index < -0.39 is 0 Å². The van der Waals surface area contributed by atoms with E-state index in [1.807, 2.05) is 45.3 Å². The van der Waals surface area contributed by atoms with Crippen LogP contribution in [0.3, 0.4) is 0 Å². The van der Waals surface area contributed by atoms with Gasteiger partial charge >= 0.3 is 0 Å². The quantitative estimate of drug-likeness (QED) is 0.228. The summed E-state index contributed by atoms with van der Waals surface area (Å²) in [5.41, 5.74) is 5.22. The molecule has 0 aliphatic heterocycles. The Morgan fingerprint density at radius 2 is 0.909 bits per heavy atom. The van der Waals surface area contributed by atoms with Gasteiger partial charge in [-0.2, -0.15) is 0 Å². The van der Waals surface area contributed by atoms with Gasteiger partial charge in [0.1, 0.15) is 0 Å². The lowest BCUT2D eigenvalue weighted by atomic mass is 9.68. The number of rotatable bonds is 4. The molecule has 158 valence electrons. The average Bonchev–Trinajstić information content (AvgIpc) is 3.67. The second-order valence-electron chi connectivity index (χ2n) is 8.14. The first-order valence-electron chi connectivity index (χ1n) is 10.8. The van der Waals surface area contributed by atoms with Crippen molar-refractivity contribution in [1.29, 1.82) is 0 Å². The number of hydrogen-bond acceptors (Lipinski definition) is 4. The third kappa shape index (κ3) is 2.85. The molecule has 0 nitrogen and oxygen atoms in total. The van der Waals surface area contributed by atoms with Gasteiger partial charge in [-0.3, -0.25) is 0 Å². The molecule has 0 saturated heterocycles. The summed E-state index contributed by atoms with van der Waals surface area (Å²) in [6.07, 6.45) is 0. The lowest BCUT2D eigenvalue weighted by Crippen LogP contribution is -2.27. The summed E-state index contributed by atoms with van der Waals surface area (Å²) in [4.78, 5) is 8.27. The molecule has 1 aliphatic carbocycles. The predicted octanol–water partition coefficient (Wildman–Crippen LogP) is 9.63. The van der Waals surface area contributed by atoms with E-state index in [1.54, 1.807) is 0 Å². The fraction of sp³-hybridized carbons (Fsp3) is 0.0345. The molecule has 0 atom stereocenters. The van der Waals surface area contributed by atoms with Crippen molar-refractivity contribution >= 4 is 45.3 Å². The van der Waals surface area contributed by atoms with E-state index >= 15 is 0 Å². The average molecular weight is 495 g/mol. The molecule has 0 spiro atoms. The van der Waals surface area contributed by atoms with Gasteiger partial charge in [0.05, 0.1) is 15.2 Å². The van der Waals surface area contributed by atoms with Crippen molar-refractivity contribution in [2.24, 2.45) is 0 Å². The third-order valence-electron chi connectivity index (χ3n) is 6.42. The van der Waals surface area contributed by atoms with Gasteiger partial charge in [0, 0.05) is 19.5 Å². The van der Waals surface area contributed by atoms with Gasteiger partial charge in [-0.25, -0.2) is 0 Å². The molecular weight excluding hydrogens is 477 g/mol. The van der Waals surface area contributed by atoms with Crippen molar-refractivity contribution in [3.63, 3.8) is 0 Å². The Kier molecular flexibility index (Phi) is 4.56. The highest BCUT2D eigenvalue weighted by Gasteiger charge is 2.48. The Balaban J connectivity index is 1.60. The van der Waals surface area contributed by atoms with Gasteiger partial charge in [-0.1, -0.05) is 72.8 Å². The molecule has 33 heavy (non-hydrogen) atoms. The van der Waals surface area contributed by atoms with Crippen LogP contribution in [0.2, 0.25) is 0 Å². The Morgan fingerprint density at radius 3 is 1.30 bits per heavy atom. The molecule has 0 amide bonds. The maximum atomic E-state index is 2.46. The highest BCUT2D eigenvalue weighted by Crippen LogP contribution is 2.63. The Labute approximate surface area is 209 Å². The fourth-order valence-corrected chi connectivity index (χ4v) is 9.31. The minimum atomic E-state index is -0.300. The van der Waals surface area contributed by atoms with E-state index in [0.29, 0.717) is 0 Å². The van der Waals surface area contributed by atoms with Crippen molar-refractivity contribution in [2.45, 2.75) is 5.41 Å². The molecule has 0 fully saturated rings. The van der Waals surface area contributed by atoms with Gasteiger partial charge in [-0.15, -0.1) is 45.3 Å². The number of benzene rings is 2. The molecule has 7 rings (SSSR count). The summed E-state index contributed by atoms with van der Waals surface area (Å²) in [6, 6.07) is 35.9. The summed E-state index contributed by atoms with van der Waals surface area (Å²) in [7, 11) is 0. The minimum Gasteiger partial charge on any atom is -0.143 e. The molecule has 4 aromatic heterocycles. The van der Waals surface area contributed by atoms with Crippen molar-refractivity contribution < 1.29 is 0 Å². The van der Waals surface area contributed by atoms with Crippen molar-refractivity contribution in [3.8, 4) is 29.3 Å². The number of fused-ring (bicyclic) bond motifs is 3. The van der Waals surface area contributed by atoms with Crippen LogP contribution in [0.4, 0.5) is 0 Å². The largest absolute Gasteiger partial charge is 0.143 e.